The zero-order valence-corrected chi connectivity index (χ0v) is 8.42. The zero-order valence-electron chi connectivity index (χ0n) is 7.66. The van der Waals surface area contributed by atoms with Crippen molar-refractivity contribution in [1.29, 1.82) is 0 Å². The van der Waals surface area contributed by atoms with Gasteiger partial charge in [0.25, 0.3) is 0 Å². The highest BCUT2D eigenvalue weighted by Gasteiger charge is 2.06. The van der Waals surface area contributed by atoms with Crippen LogP contribution in [0.1, 0.15) is 11.1 Å². The Morgan fingerprint density at radius 1 is 1.43 bits per heavy atom. The first-order chi connectivity index (χ1) is 6.63. The van der Waals surface area contributed by atoms with Crippen molar-refractivity contribution in [2.24, 2.45) is 5.73 Å². The van der Waals surface area contributed by atoms with E-state index in [0.29, 0.717) is 18.0 Å². The summed E-state index contributed by atoms with van der Waals surface area (Å²) in [4.78, 5) is 10.5. The van der Waals surface area contributed by atoms with Crippen LogP contribution >= 0.6 is 11.6 Å². The number of halogens is 1. The lowest BCUT2D eigenvalue weighted by molar-refractivity contribution is -0.136. The Morgan fingerprint density at radius 2 is 2.14 bits per heavy atom. The van der Waals surface area contributed by atoms with Crippen LogP contribution in [0.3, 0.4) is 0 Å². The van der Waals surface area contributed by atoms with E-state index in [1.54, 1.807) is 18.2 Å². The maximum absolute atomic E-state index is 10.5. The summed E-state index contributed by atoms with van der Waals surface area (Å²) in [6.07, 6.45) is 0.676. The second-order valence-electron chi connectivity index (χ2n) is 3.02. The molecule has 0 fully saturated rings. The first kappa shape index (κ1) is 11.0. The molecule has 0 aromatic heterocycles. The predicted molar refractivity (Wildman–Crippen MR) is 55.6 cm³/mol. The molecule has 0 aliphatic rings. The highest BCUT2D eigenvalue weighted by Crippen LogP contribution is 2.17. The third kappa shape index (κ3) is 3.01. The molecule has 0 unspecified atom stereocenters. The molecule has 0 aliphatic carbocycles. The number of nitrogens with two attached hydrogens (primary N) is 1. The van der Waals surface area contributed by atoms with Crippen LogP contribution in [0.15, 0.2) is 18.2 Å². The Morgan fingerprint density at radius 3 is 2.71 bits per heavy atom. The number of carboxylic acids is 1. The van der Waals surface area contributed by atoms with Crippen molar-refractivity contribution < 1.29 is 9.90 Å². The number of hydrogen-bond acceptors (Lipinski definition) is 2. The molecule has 0 radical (unpaired) electrons. The summed E-state index contributed by atoms with van der Waals surface area (Å²) in [5, 5.41) is 9.28. The first-order valence-corrected chi connectivity index (χ1v) is 4.70. The maximum atomic E-state index is 10.5. The van der Waals surface area contributed by atoms with E-state index in [1.807, 2.05) is 0 Å². The topological polar surface area (TPSA) is 63.3 Å². The lowest BCUT2D eigenvalue weighted by Gasteiger charge is -2.06. The van der Waals surface area contributed by atoms with Gasteiger partial charge in [-0.1, -0.05) is 17.7 Å². The van der Waals surface area contributed by atoms with Gasteiger partial charge >= 0.3 is 5.97 Å². The number of carboxylic acid groups (broad SMARTS) is 1. The molecule has 1 aromatic rings. The van der Waals surface area contributed by atoms with Crippen molar-refractivity contribution in [2.75, 3.05) is 6.54 Å². The van der Waals surface area contributed by atoms with Gasteiger partial charge in [0.05, 0.1) is 6.42 Å². The molecular weight excluding hydrogens is 202 g/mol. The third-order valence-electron chi connectivity index (χ3n) is 1.92. The predicted octanol–water partition coefficient (Wildman–Crippen LogP) is 1.47. The van der Waals surface area contributed by atoms with Gasteiger partial charge in [-0.25, -0.2) is 0 Å². The summed E-state index contributed by atoms with van der Waals surface area (Å²) >= 11 is 5.80. The van der Waals surface area contributed by atoms with Gasteiger partial charge < -0.3 is 10.8 Å². The zero-order chi connectivity index (χ0) is 10.6. The standard InChI is InChI=1S/C10H12ClNO2/c11-9-2-1-7(6-10(13)14)8(5-9)3-4-12/h1-2,5H,3-4,6,12H2,(H,13,14). The molecule has 0 atom stereocenters. The van der Waals surface area contributed by atoms with Crippen LogP contribution in [0, 0.1) is 0 Å². The minimum Gasteiger partial charge on any atom is -0.481 e. The molecule has 4 heteroatoms. The smallest absolute Gasteiger partial charge is 0.307 e. The Hall–Kier alpha value is -1.06. The number of aliphatic carboxylic acids is 1. The van der Waals surface area contributed by atoms with Crippen LogP contribution in [0.5, 0.6) is 0 Å². The first-order valence-electron chi connectivity index (χ1n) is 4.32. The molecule has 0 saturated heterocycles. The van der Waals surface area contributed by atoms with Crippen molar-refractivity contribution in [2.45, 2.75) is 12.8 Å². The highest BCUT2D eigenvalue weighted by molar-refractivity contribution is 6.30. The van der Waals surface area contributed by atoms with Gasteiger partial charge in [-0.15, -0.1) is 0 Å². The normalized spacial score (nSPS) is 10.1. The van der Waals surface area contributed by atoms with Gasteiger partial charge in [0.15, 0.2) is 0 Å². The molecule has 0 amide bonds. The number of benzene rings is 1. The van der Waals surface area contributed by atoms with E-state index >= 15 is 0 Å². The lowest BCUT2D eigenvalue weighted by atomic mass is 10.0. The van der Waals surface area contributed by atoms with Crippen molar-refractivity contribution in [3.63, 3.8) is 0 Å². The maximum Gasteiger partial charge on any atom is 0.307 e. The largest absolute Gasteiger partial charge is 0.481 e. The van der Waals surface area contributed by atoms with Crippen molar-refractivity contribution in [3.8, 4) is 0 Å². The second-order valence-corrected chi connectivity index (χ2v) is 3.46. The number of carbonyl (C=O) groups is 1. The molecule has 0 heterocycles. The molecule has 3 nitrogen and oxygen atoms in total. The Kier molecular flexibility index (Phi) is 3.92. The fraction of sp³-hybridized carbons (Fsp3) is 0.300. The average Bonchev–Trinajstić information content (AvgIpc) is 2.09. The monoisotopic (exact) mass is 213 g/mol. The average molecular weight is 214 g/mol. The summed E-state index contributed by atoms with van der Waals surface area (Å²) < 4.78 is 0. The fourth-order valence-electron chi connectivity index (χ4n) is 1.32. The second kappa shape index (κ2) is 4.98. The van der Waals surface area contributed by atoms with Crippen LogP contribution in [0.2, 0.25) is 5.02 Å². The van der Waals surface area contributed by atoms with Crippen LogP contribution in [-0.2, 0) is 17.6 Å². The number of hydrogen-bond donors (Lipinski definition) is 2. The summed E-state index contributed by atoms with van der Waals surface area (Å²) in [6.45, 7) is 0.493. The third-order valence-corrected chi connectivity index (χ3v) is 2.16. The SMILES string of the molecule is NCCc1cc(Cl)ccc1CC(=O)O. The van der Waals surface area contributed by atoms with Crippen molar-refractivity contribution >= 4 is 17.6 Å². The lowest BCUT2D eigenvalue weighted by Crippen LogP contribution is -2.08. The minimum absolute atomic E-state index is 0.0203. The van der Waals surface area contributed by atoms with E-state index in [9.17, 15) is 4.79 Å². The van der Waals surface area contributed by atoms with E-state index in [0.717, 1.165) is 11.1 Å². The van der Waals surface area contributed by atoms with Gasteiger partial charge in [0.1, 0.15) is 0 Å². The Labute approximate surface area is 87.5 Å². The van der Waals surface area contributed by atoms with Crippen LogP contribution in [-0.4, -0.2) is 17.6 Å². The molecule has 1 aromatic carbocycles. The fourth-order valence-corrected chi connectivity index (χ4v) is 1.51. The molecule has 3 N–H and O–H groups in total. The van der Waals surface area contributed by atoms with E-state index in [-0.39, 0.29) is 6.42 Å². The Bertz CT molecular complexity index is 339. The van der Waals surface area contributed by atoms with Crippen molar-refractivity contribution in [1.82, 2.24) is 0 Å². The molecule has 0 aliphatic heterocycles. The van der Waals surface area contributed by atoms with Gasteiger partial charge in [0, 0.05) is 5.02 Å². The summed E-state index contributed by atoms with van der Waals surface area (Å²) in [7, 11) is 0. The quantitative estimate of drug-likeness (QED) is 0.796. The highest BCUT2D eigenvalue weighted by atomic mass is 35.5. The van der Waals surface area contributed by atoms with Crippen LogP contribution in [0.4, 0.5) is 0 Å². The molecule has 0 saturated carbocycles. The molecular formula is C10H12ClNO2. The summed E-state index contributed by atoms with van der Waals surface area (Å²) in [6, 6.07) is 5.20. The van der Waals surface area contributed by atoms with E-state index in [1.165, 1.54) is 0 Å². The van der Waals surface area contributed by atoms with E-state index in [4.69, 9.17) is 22.4 Å². The molecule has 0 spiro atoms. The van der Waals surface area contributed by atoms with Crippen molar-refractivity contribution in [3.05, 3.63) is 34.3 Å². The van der Waals surface area contributed by atoms with Gasteiger partial charge in [-0.3, -0.25) is 4.79 Å². The molecule has 0 bridgehead atoms. The van der Waals surface area contributed by atoms with E-state index in [2.05, 4.69) is 0 Å². The number of rotatable bonds is 4. The van der Waals surface area contributed by atoms with E-state index < -0.39 is 5.97 Å². The molecule has 14 heavy (non-hydrogen) atoms. The van der Waals surface area contributed by atoms with Gasteiger partial charge in [0.2, 0.25) is 0 Å². The van der Waals surface area contributed by atoms with Gasteiger partial charge in [-0.2, -0.15) is 0 Å². The summed E-state index contributed by atoms with van der Waals surface area (Å²) in [5.74, 6) is -0.842. The van der Waals surface area contributed by atoms with Crippen LogP contribution in [0.25, 0.3) is 0 Å². The summed E-state index contributed by atoms with van der Waals surface area (Å²) in [5.41, 5.74) is 7.12. The molecule has 76 valence electrons. The minimum atomic E-state index is -0.842. The molecule has 1 rings (SSSR count). The Balaban J connectivity index is 2.95. The van der Waals surface area contributed by atoms with Gasteiger partial charge in [-0.05, 0) is 36.2 Å². The van der Waals surface area contributed by atoms with Crippen LogP contribution < -0.4 is 5.73 Å².